The quantitative estimate of drug-likeness (QED) is 0.835. The molecule has 3 nitrogen and oxygen atoms in total. The molecule has 0 amide bonds. The molecule has 1 saturated carbocycles. The van der Waals surface area contributed by atoms with Gasteiger partial charge in [0, 0.05) is 5.92 Å². The zero-order chi connectivity index (χ0) is 15.1. The molecular formula is C19H20O3. The first-order valence-corrected chi connectivity index (χ1v) is 8.00. The first-order valence-electron chi connectivity index (χ1n) is 8.00. The standard InChI is InChI=1S/C19H20O3/c20-14-8-5-12(6-9-14)13-7-10-18-17(11-13)15-3-1-2-4-16(15)19(21)22-18/h5-11,15-16,19-21H,1-4H2. The predicted molar refractivity (Wildman–Crippen MR) is 84.9 cm³/mol. The molecule has 1 aliphatic carbocycles. The summed E-state index contributed by atoms with van der Waals surface area (Å²) in [5.74, 6) is 1.71. The van der Waals surface area contributed by atoms with E-state index in [1.165, 1.54) is 18.4 Å². The highest BCUT2D eigenvalue weighted by Gasteiger charge is 2.38. The van der Waals surface area contributed by atoms with Crippen LogP contribution in [0.2, 0.25) is 0 Å². The van der Waals surface area contributed by atoms with Gasteiger partial charge in [-0.05, 0) is 59.7 Å². The first-order chi connectivity index (χ1) is 10.7. The molecule has 2 aliphatic rings. The highest BCUT2D eigenvalue weighted by Crippen LogP contribution is 2.48. The molecule has 114 valence electrons. The molecule has 1 fully saturated rings. The number of benzene rings is 2. The van der Waals surface area contributed by atoms with Crippen molar-refractivity contribution in [3.8, 4) is 22.6 Å². The summed E-state index contributed by atoms with van der Waals surface area (Å²) in [6, 6.07) is 13.4. The van der Waals surface area contributed by atoms with Gasteiger partial charge < -0.3 is 14.9 Å². The van der Waals surface area contributed by atoms with E-state index < -0.39 is 6.29 Å². The second-order valence-corrected chi connectivity index (χ2v) is 6.36. The fourth-order valence-corrected chi connectivity index (χ4v) is 3.88. The van der Waals surface area contributed by atoms with E-state index in [0.29, 0.717) is 5.92 Å². The lowest BCUT2D eigenvalue weighted by Crippen LogP contribution is -2.37. The number of fused-ring (bicyclic) bond motifs is 3. The summed E-state index contributed by atoms with van der Waals surface area (Å²) in [5, 5.41) is 19.6. The summed E-state index contributed by atoms with van der Waals surface area (Å²) in [7, 11) is 0. The van der Waals surface area contributed by atoms with Crippen LogP contribution in [0, 0.1) is 5.92 Å². The van der Waals surface area contributed by atoms with Crippen LogP contribution in [-0.2, 0) is 0 Å². The van der Waals surface area contributed by atoms with E-state index in [4.69, 9.17) is 4.74 Å². The van der Waals surface area contributed by atoms with Gasteiger partial charge in [-0.3, -0.25) is 0 Å². The van der Waals surface area contributed by atoms with Gasteiger partial charge in [0.25, 0.3) is 0 Å². The molecule has 0 saturated heterocycles. The Hall–Kier alpha value is -2.00. The van der Waals surface area contributed by atoms with Crippen LogP contribution in [0.3, 0.4) is 0 Å². The third-order valence-electron chi connectivity index (χ3n) is 5.04. The van der Waals surface area contributed by atoms with Crippen LogP contribution in [0.5, 0.6) is 11.5 Å². The first kappa shape index (κ1) is 13.6. The van der Waals surface area contributed by atoms with E-state index in [2.05, 4.69) is 6.07 Å². The Balaban J connectivity index is 1.75. The molecule has 0 bridgehead atoms. The van der Waals surface area contributed by atoms with Gasteiger partial charge in [-0.25, -0.2) is 0 Å². The van der Waals surface area contributed by atoms with Crippen LogP contribution in [0.4, 0.5) is 0 Å². The molecule has 2 aromatic carbocycles. The molecule has 3 heteroatoms. The van der Waals surface area contributed by atoms with Gasteiger partial charge in [-0.15, -0.1) is 0 Å². The van der Waals surface area contributed by atoms with E-state index in [9.17, 15) is 10.2 Å². The summed E-state index contributed by atoms with van der Waals surface area (Å²) < 4.78 is 5.73. The Labute approximate surface area is 130 Å². The monoisotopic (exact) mass is 296 g/mol. The number of rotatable bonds is 1. The highest BCUT2D eigenvalue weighted by atomic mass is 16.6. The topological polar surface area (TPSA) is 49.7 Å². The molecule has 3 atom stereocenters. The fraction of sp³-hybridized carbons (Fsp3) is 0.368. The second-order valence-electron chi connectivity index (χ2n) is 6.36. The Bertz CT molecular complexity index is 678. The summed E-state index contributed by atoms with van der Waals surface area (Å²) in [6.07, 6.45) is 3.88. The van der Waals surface area contributed by atoms with Gasteiger partial charge in [0.2, 0.25) is 6.29 Å². The van der Waals surface area contributed by atoms with E-state index in [0.717, 1.165) is 29.7 Å². The van der Waals surface area contributed by atoms with Crippen LogP contribution in [0.1, 0.15) is 37.2 Å². The van der Waals surface area contributed by atoms with Crippen molar-refractivity contribution >= 4 is 0 Å². The smallest absolute Gasteiger partial charge is 0.200 e. The zero-order valence-electron chi connectivity index (χ0n) is 12.4. The van der Waals surface area contributed by atoms with Crippen molar-refractivity contribution in [3.05, 3.63) is 48.0 Å². The van der Waals surface area contributed by atoms with Crippen molar-refractivity contribution in [2.24, 2.45) is 5.92 Å². The van der Waals surface area contributed by atoms with E-state index >= 15 is 0 Å². The number of aliphatic hydroxyl groups excluding tert-OH is 1. The molecule has 1 heterocycles. The number of ether oxygens (including phenoxy) is 1. The third-order valence-corrected chi connectivity index (χ3v) is 5.04. The van der Waals surface area contributed by atoms with Crippen LogP contribution in [0.15, 0.2) is 42.5 Å². The predicted octanol–water partition coefficient (Wildman–Crippen LogP) is 4.04. The summed E-state index contributed by atoms with van der Waals surface area (Å²) >= 11 is 0. The minimum atomic E-state index is -0.669. The molecule has 0 radical (unpaired) electrons. The summed E-state index contributed by atoms with van der Waals surface area (Å²) in [5.41, 5.74) is 3.43. The molecule has 1 aliphatic heterocycles. The summed E-state index contributed by atoms with van der Waals surface area (Å²) in [4.78, 5) is 0. The zero-order valence-corrected chi connectivity index (χ0v) is 12.4. The molecule has 3 unspecified atom stereocenters. The third kappa shape index (κ3) is 2.26. The van der Waals surface area contributed by atoms with Gasteiger partial charge in [0.15, 0.2) is 0 Å². The second kappa shape index (κ2) is 5.33. The maximum atomic E-state index is 10.2. The summed E-state index contributed by atoms with van der Waals surface area (Å²) in [6.45, 7) is 0. The van der Waals surface area contributed by atoms with Crippen LogP contribution in [-0.4, -0.2) is 16.5 Å². The number of hydrogen-bond acceptors (Lipinski definition) is 3. The van der Waals surface area contributed by atoms with Crippen molar-refractivity contribution in [1.82, 2.24) is 0 Å². The van der Waals surface area contributed by atoms with Gasteiger partial charge in [0.05, 0.1) is 0 Å². The SMILES string of the molecule is Oc1ccc(-c2ccc3c(c2)C2CCCCC2C(O)O3)cc1. The molecule has 2 N–H and O–H groups in total. The lowest BCUT2D eigenvalue weighted by Gasteiger charge is -2.40. The van der Waals surface area contributed by atoms with Crippen molar-refractivity contribution < 1.29 is 14.9 Å². The maximum absolute atomic E-state index is 10.2. The fourth-order valence-electron chi connectivity index (χ4n) is 3.88. The highest BCUT2D eigenvalue weighted by molar-refractivity contribution is 5.67. The Kier molecular flexibility index (Phi) is 3.30. The van der Waals surface area contributed by atoms with Crippen LogP contribution >= 0.6 is 0 Å². The maximum Gasteiger partial charge on any atom is 0.200 e. The van der Waals surface area contributed by atoms with Crippen molar-refractivity contribution in [2.75, 3.05) is 0 Å². The largest absolute Gasteiger partial charge is 0.508 e. The van der Waals surface area contributed by atoms with E-state index in [1.54, 1.807) is 12.1 Å². The van der Waals surface area contributed by atoms with Crippen molar-refractivity contribution in [1.29, 1.82) is 0 Å². The number of aliphatic hydroxyl groups is 1. The van der Waals surface area contributed by atoms with E-state index in [-0.39, 0.29) is 11.7 Å². The molecule has 2 aromatic rings. The average Bonchev–Trinajstić information content (AvgIpc) is 2.56. The number of phenolic OH excluding ortho intramolecular Hbond substituents is 1. The molecule has 0 aromatic heterocycles. The van der Waals surface area contributed by atoms with Gasteiger partial charge in [-0.2, -0.15) is 0 Å². The van der Waals surface area contributed by atoms with Crippen LogP contribution < -0.4 is 4.74 Å². The minimum absolute atomic E-state index is 0.219. The number of hydrogen-bond donors (Lipinski definition) is 2. The number of aromatic hydroxyl groups is 1. The molecular weight excluding hydrogens is 276 g/mol. The van der Waals surface area contributed by atoms with Crippen LogP contribution in [0.25, 0.3) is 11.1 Å². The van der Waals surface area contributed by atoms with Gasteiger partial charge >= 0.3 is 0 Å². The van der Waals surface area contributed by atoms with Crippen molar-refractivity contribution in [3.63, 3.8) is 0 Å². The van der Waals surface area contributed by atoms with Gasteiger partial charge in [-0.1, -0.05) is 31.0 Å². The van der Waals surface area contributed by atoms with E-state index in [1.807, 2.05) is 24.3 Å². The van der Waals surface area contributed by atoms with Crippen molar-refractivity contribution in [2.45, 2.75) is 37.9 Å². The Morgan fingerprint density at radius 1 is 0.909 bits per heavy atom. The number of phenols is 1. The molecule has 22 heavy (non-hydrogen) atoms. The normalized spacial score (nSPS) is 26.7. The lowest BCUT2D eigenvalue weighted by atomic mass is 9.73. The molecule has 0 spiro atoms. The molecule has 4 rings (SSSR count). The Morgan fingerprint density at radius 2 is 1.64 bits per heavy atom. The Morgan fingerprint density at radius 3 is 2.45 bits per heavy atom. The lowest BCUT2D eigenvalue weighted by molar-refractivity contribution is -0.0920. The average molecular weight is 296 g/mol. The van der Waals surface area contributed by atoms with Gasteiger partial charge in [0.1, 0.15) is 11.5 Å². The minimum Gasteiger partial charge on any atom is -0.508 e.